The molecule has 1 N–H and O–H groups in total. The summed E-state index contributed by atoms with van der Waals surface area (Å²) < 4.78 is 5.52. The fourth-order valence-electron chi connectivity index (χ4n) is 1.53. The van der Waals surface area contributed by atoms with Gasteiger partial charge in [-0.1, -0.05) is 0 Å². The largest absolute Gasteiger partial charge is 0.377 e. The normalized spacial score (nSPS) is 23.5. The Hall–Kier alpha value is -0.610. The molecular formula is C10H20N2O2. The van der Waals surface area contributed by atoms with Gasteiger partial charge in [0.2, 0.25) is 5.91 Å². The topological polar surface area (TPSA) is 41.6 Å². The van der Waals surface area contributed by atoms with Crippen LogP contribution >= 0.6 is 0 Å². The smallest absolute Gasteiger partial charge is 0.236 e. The number of hydrogen-bond donors (Lipinski definition) is 1. The molecule has 0 aromatic heterocycles. The van der Waals surface area contributed by atoms with Crippen molar-refractivity contribution in [1.29, 1.82) is 0 Å². The molecule has 1 amide bonds. The van der Waals surface area contributed by atoms with Crippen molar-refractivity contribution in [2.45, 2.75) is 31.9 Å². The van der Waals surface area contributed by atoms with Crippen molar-refractivity contribution in [3.8, 4) is 0 Å². The van der Waals surface area contributed by atoms with Gasteiger partial charge in [0.25, 0.3) is 0 Å². The van der Waals surface area contributed by atoms with Gasteiger partial charge in [0, 0.05) is 26.7 Å². The van der Waals surface area contributed by atoms with Gasteiger partial charge in [-0.25, -0.2) is 0 Å². The Morgan fingerprint density at radius 1 is 1.64 bits per heavy atom. The third kappa shape index (κ3) is 3.27. The Balaban J connectivity index is 2.20. The van der Waals surface area contributed by atoms with Crippen LogP contribution in [0.15, 0.2) is 0 Å². The molecule has 14 heavy (non-hydrogen) atoms. The second-order valence-electron chi connectivity index (χ2n) is 4.01. The number of rotatable bonds is 4. The van der Waals surface area contributed by atoms with Crippen molar-refractivity contribution < 1.29 is 9.53 Å². The molecule has 1 fully saturated rings. The Morgan fingerprint density at radius 2 is 2.36 bits per heavy atom. The minimum absolute atomic E-state index is 0.106. The van der Waals surface area contributed by atoms with E-state index >= 15 is 0 Å². The van der Waals surface area contributed by atoms with Gasteiger partial charge >= 0.3 is 0 Å². The van der Waals surface area contributed by atoms with E-state index in [4.69, 9.17) is 4.74 Å². The van der Waals surface area contributed by atoms with Crippen molar-refractivity contribution >= 4 is 5.91 Å². The number of amides is 1. The molecule has 2 unspecified atom stereocenters. The fraction of sp³-hybridized carbons (Fsp3) is 0.900. The van der Waals surface area contributed by atoms with Crippen molar-refractivity contribution in [3.05, 3.63) is 0 Å². The summed E-state index contributed by atoms with van der Waals surface area (Å²) in [5.41, 5.74) is 0. The molecule has 2 atom stereocenters. The third-order valence-electron chi connectivity index (χ3n) is 2.60. The lowest BCUT2D eigenvalue weighted by Gasteiger charge is -2.20. The van der Waals surface area contributed by atoms with Crippen LogP contribution in [0.4, 0.5) is 0 Å². The maximum atomic E-state index is 11.3. The summed E-state index contributed by atoms with van der Waals surface area (Å²) in [5, 5.41) is 3.19. The highest BCUT2D eigenvalue weighted by Gasteiger charge is 2.22. The van der Waals surface area contributed by atoms with Crippen LogP contribution in [0, 0.1) is 0 Å². The van der Waals surface area contributed by atoms with Crippen molar-refractivity contribution in [2.24, 2.45) is 0 Å². The number of carbonyl (C=O) groups is 1. The van der Waals surface area contributed by atoms with Gasteiger partial charge in [0.05, 0.1) is 12.6 Å². The van der Waals surface area contributed by atoms with Crippen LogP contribution in [-0.4, -0.2) is 50.2 Å². The second-order valence-corrected chi connectivity index (χ2v) is 4.01. The lowest BCUT2D eigenvalue weighted by atomic mass is 10.1. The monoisotopic (exact) mass is 200 g/mol. The molecule has 0 aliphatic carbocycles. The van der Waals surface area contributed by atoms with Crippen LogP contribution in [-0.2, 0) is 9.53 Å². The third-order valence-corrected chi connectivity index (χ3v) is 2.60. The molecule has 1 aliphatic heterocycles. The van der Waals surface area contributed by atoms with Crippen LogP contribution in [0.3, 0.4) is 0 Å². The predicted molar refractivity (Wildman–Crippen MR) is 55.1 cm³/mol. The molecule has 82 valence electrons. The maximum absolute atomic E-state index is 11.3. The van der Waals surface area contributed by atoms with Crippen LogP contribution in [0.1, 0.15) is 19.8 Å². The first kappa shape index (κ1) is 11.5. The molecular weight excluding hydrogens is 180 g/mol. The first-order chi connectivity index (χ1) is 6.61. The molecule has 0 spiro atoms. The molecule has 0 radical (unpaired) electrons. The second kappa shape index (κ2) is 5.32. The molecule has 0 aromatic rings. The molecule has 0 aromatic carbocycles. The minimum Gasteiger partial charge on any atom is -0.377 e. The van der Waals surface area contributed by atoms with Gasteiger partial charge in [-0.3, -0.25) is 4.79 Å². The van der Waals surface area contributed by atoms with E-state index < -0.39 is 0 Å². The SMILES string of the molecule is CC(NCC(=O)N(C)C)C1CCCO1. The lowest BCUT2D eigenvalue weighted by molar-refractivity contribution is -0.128. The molecule has 0 saturated carbocycles. The quantitative estimate of drug-likeness (QED) is 0.706. The number of hydrogen-bond acceptors (Lipinski definition) is 3. The molecule has 1 saturated heterocycles. The van der Waals surface area contributed by atoms with E-state index in [1.54, 1.807) is 19.0 Å². The highest BCUT2D eigenvalue weighted by molar-refractivity contribution is 5.77. The molecule has 1 aliphatic rings. The number of carbonyl (C=O) groups excluding carboxylic acids is 1. The first-order valence-corrected chi connectivity index (χ1v) is 5.16. The summed E-state index contributed by atoms with van der Waals surface area (Å²) in [4.78, 5) is 12.9. The molecule has 1 heterocycles. The van der Waals surface area contributed by atoms with E-state index in [0.717, 1.165) is 19.4 Å². The number of ether oxygens (including phenoxy) is 1. The Morgan fingerprint density at radius 3 is 2.86 bits per heavy atom. The van der Waals surface area contributed by atoms with Gasteiger partial charge in [0.1, 0.15) is 0 Å². The molecule has 1 rings (SSSR count). The first-order valence-electron chi connectivity index (χ1n) is 5.16. The predicted octanol–water partition coefficient (Wildman–Crippen LogP) is 0.232. The zero-order chi connectivity index (χ0) is 10.6. The van der Waals surface area contributed by atoms with Gasteiger partial charge in [0.15, 0.2) is 0 Å². The Bertz CT molecular complexity index is 189. The highest BCUT2D eigenvalue weighted by atomic mass is 16.5. The van der Waals surface area contributed by atoms with Crippen LogP contribution < -0.4 is 5.32 Å². The van der Waals surface area contributed by atoms with E-state index in [-0.39, 0.29) is 18.1 Å². The van der Waals surface area contributed by atoms with Crippen molar-refractivity contribution in [3.63, 3.8) is 0 Å². The summed E-state index contributed by atoms with van der Waals surface area (Å²) in [7, 11) is 3.53. The number of nitrogens with zero attached hydrogens (tertiary/aromatic N) is 1. The Labute approximate surface area is 85.6 Å². The fourth-order valence-corrected chi connectivity index (χ4v) is 1.53. The van der Waals surface area contributed by atoms with E-state index in [9.17, 15) is 4.79 Å². The maximum Gasteiger partial charge on any atom is 0.236 e. The van der Waals surface area contributed by atoms with Gasteiger partial charge < -0.3 is 15.0 Å². The van der Waals surface area contributed by atoms with E-state index in [0.29, 0.717) is 6.54 Å². The van der Waals surface area contributed by atoms with Gasteiger partial charge in [-0.05, 0) is 19.8 Å². The van der Waals surface area contributed by atoms with Crippen molar-refractivity contribution in [1.82, 2.24) is 10.2 Å². The van der Waals surface area contributed by atoms with Gasteiger partial charge in [-0.2, -0.15) is 0 Å². The zero-order valence-electron chi connectivity index (χ0n) is 9.25. The van der Waals surface area contributed by atoms with Crippen molar-refractivity contribution in [2.75, 3.05) is 27.2 Å². The van der Waals surface area contributed by atoms with E-state index in [2.05, 4.69) is 12.2 Å². The summed E-state index contributed by atoms with van der Waals surface area (Å²) >= 11 is 0. The summed E-state index contributed by atoms with van der Waals surface area (Å²) in [6.07, 6.45) is 2.52. The van der Waals surface area contributed by atoms with Gasteiger partial charge in [-0.15, -0.1) is 0 Å². The van der Waals surface area contributed by atoms with Crippen LogP contribution in [0.25, 0.3) is 0 Å². The average molecular weight is 200 g/mol. The zero-order valence-corrected chi connectivity index (χ0v) is 9.25. The van der Waals surface area contributed by atoms with E-state index in [1.165, 1.54) is 0 Å². The van der Waals surface area contributed by atoms with Crippen LogP contribution in [0.2, 0.25) is 0 Å². The molecule has 4 heteroatoms. The Kier molecular flexibility index (Phi) is 4.35. The van der Waals surface area contributed by atoms with Crippen LogP contribution in [0.5, 0.6) is 0 Å². The standard InChI is InChI=1S/C10H20N2O2/c1-8(9-5-4-6-14-9)11-7-10(13)12(2)3/h8-9,11H,4-7H2,1-3H3. The number of nitrogens with one attached hydrogen (secondary N) is 1. The number of likely N-dealkylation sites (N-methyl/N-ethyl adjacent to an activating group) is 1. The minimum atomic E-state index is 0.106. The highest BCUT2D eigenvalue weighted by Crippen LogP contribution is 2.14. The summed E-state index contributed by atoms with van der Waals surface area (Å²) in [6, 6.07) is 0.265. The average Bonchev–Trinajstić information content (AvgIpc) is 2.66. The van der Waals surface area contributed by atoms with E-state index in [1.807, 2.05) is 0 Å². The lowest BCUT2D eigenvalue weighted by Crippen LogP contribution is -2.42. The summed E-state index contributed by atoms with van der Waals surface area (Å²) in [5.74, 6) is 0.106. The summed E-state index contributed by atoms with van der Waals surface area (Å²) in [6.45, 7) is 3.32. The molecule has 4 nitrogen and oxygen atoms in total. The molecule has 0 bridgehead atoms.